The minimum Gasteiger partial charge on any atom is -0.370 e. The molecule has 1 aromatic carbocycles. The van der Waals surface area contributed by atoms with Crippen LogP contribution >= 0.6 is 0 Å². The molecule has 2 atom stereocenters. The summed E-state index contributed by atoms with van der Waals surface area (Å²) in [6.07, 6.45) is 1.09. The summed E-state index contributed by atoms with van der Waals surface area (Å²) in [7, 11) is 0. The summed E-state index contributed by atoms with van der Waals surface area (Å²) in [5.41, 5.74) is 6.58. The molecule has 0 radical (unpaired) electrons. The van der Waals surface area contributed by atoms with E-state index in [1.165, 1.54) is 5.56 Å². The van der Waals surface area contributed by atoms with E-state index in [1.807, 2.05) is 18.2 Å². The van der Waals surface area contributed by atoms with Crippen molar-refractivity contribution in [2.75, 3.05) is 0 Å². The Hall–Kier alpha value is -1.51. The van der Waals surface area contributed by atoms with Gasteiger partial charge in [-0.25, -0.2) is 0 Å². The monoisotopic (exact) mass is 175 g/mol. The molecule has 1 saturated carbocycles. The Labute approximate surface area is 77.5 Å². The fourth-order valence-electron chi connectivity index (χ4n) is 1.62. The minimum atomic E-state index is 0.0726. The molecule has 1 aliphatic rings. The van der Waals surface area contributed by atoms with Crippen molar-refractivity contribution in [3.8, 4) is 0 Å². The number of hydrogen-bond acceptors (Lipinski definition) is 1. The first-order valence-corrected chi connectivity index (χ1v) is 4.43. The van der Waals surface area contributed by atoms with Gasteiger partial charge in [-0.2, -0.15) is 0 Å². The molecule has 1 unspecified atom stereocenters. The lowest BCUT2D eigenvalue weighted by molar-refractivity contribution is 0.854. The first kappa shape index (κ1) is 8.10. The fraction of sp³-hybridized carbons (Fsp3) is 0.300. The summed E-state index contributed by atoms with van der Waals surface area (Å²) in [5, 5.41) is 10.0. The van der Waals surface area contributed by atoms with Crippen molar-refractivity contribution >= 4 is 5.96 Å². The van der Waals surface area contributed by atoms with Crippen LogP contribution in [0.4, 0.5) is 0 Å². The Bertz CT molecular complexity index is 307. The van der Waals surface area contributed by atoms with Crippen LogP contribution in [-0.4, -0.2) is 12.0 Å². The van der Waals surface area contributed by atoms with E-state index in [2.05, 4.69) is 17.4 Å². The topological polar surface area (TPSA) is 61.9 Å². The summed E-state index contributed by atoms with van der Waals surface area (Å²) >= 11 is 0. The highest BCUT2D eigenvalue weighted by Gasteiger charge is 2.38. The van der Waals surface area contributed by atoms with E-state index < -0.39 is 0 Å². The molecule has 1 aromatic rings. The van der Waals surface area contributed by atoms with Crippen molar-refractivity contribution in [2.45, 2.75) is 18.4 Å². The van der Waals surface area contributed by atoms with Gasteiger partial charge >= 0.3 is 0 Å². The lowest BCUT2D eigenvalue weighted by Crippen LogP contribution is -2.32. The van der Waals surface area contributed by atoms with Gasteiger partial charge in [0.25, 0.3) is 0 Å². The zero-order chi connectivity index (χ0) is 9.26. The number of hydrogen-bond donors (Lipinski definition) is 3. The molecular weight excluding hydrogens is 162 g/mol. The van der Waals surface area contributed by atoms with Crippen LogP contribution in [0.25, 0.3) is 0 Å². The van der Waals surface area contributed by atoms with Crippen LogP contribution < -0.4 is 11.1 Å². The maximum Gasteiger partial charge on any atom is 0.185 e. The summed E-state index contributed by atoms with van der Waals surface area (Å²) in [6, 6.07) is 10.7. The largest absolute Gasteiger partial charge is 0.370 e. The highest BCUT2D eigenvalue weighted by atomic mass is 15.1. The number of nitrogens with one attached hydrogen (secondary N) is 2. The molecule has 0 bridgehead atoms. The van der Waals surface area contributed by atoms with Gasteiger partial charge in [-0.15, -0.1) is 0 Å². The smallest absolute Gasteiger partial charge is 0.185 e. The van der Waals surface area contributed by atoms with Crippen LogP contribution in [0.15, 0.2) is 30.3 Å². The van der Waals surface area contributed by atoms with Crippen molar-refractivity contribution in [1.82, 2.24) is 5.32 Å². The van der Waals surface area contributed by atoms with Gasteiger partial charge in [0.05, 0.1) is 0 Å². The van der Waals surface area contributed by atoms with Gasteiger partial charge in [-0.3, -0.25) is 5.41 Å². The number of benzene rings is 1. The third-order valence-electron chi connectivity index (χ3n) is 2.36. The number of nitrogens with two attached hydrogens (primary N) is 1. The Morgan fingerprint density at radius 1 is 1.38 bits per heavy atom. The number of guanidine groups is 1. The molecule has 1 aliphatic carbocycles. The third-order valence-corrected chi connectivity index (χ3v) is 2.36. The summed E-state index contributed by atoms with van der Waals surface area (Å²) in [6.45, 7) is 0. The third kappa shape index (κ3) is 1.80. The second-order valence-electron chi connectivity index (χ2n) is 3.42. The van der Waals surface area contributed by atoms with Crippen molar-refractivity contribution in [1.29, 1.82) is 5.41 Å². The normalized spacial score (nSPS) is 25.2. The van der Waals surface area contributed by atoms with Gasteiger partial charge in [0, 0.05) is 12.0 Å². The maximum atomic E-state index is 7.08. The van der Waals surface area contributed by atoms with E-state index in [0.29, 0.717) is 12.0 Å². The molecule has 0 heterocycles. The first-order valence-electron chi connectivity index (χ1n) is 4.43. The van der Waals surface area contributed by atoms with E-state index in [-0.39, 0.29) is 5.96 Å². The molecule has 0 aliphatic heterocycles. The first-order chi connectivity index (χ1) is 6.27. The Kier molecular flexibility index (Phi) is 1.93. The highest BCUT2D eigenvalue weighted by Crippen LogP contribution is 2.40. The van der Waals surface area contributed by atoms with Gasteiger partial charge in [0.15, 0.2) is 5.96 Å². The van der Waals surface area contributed by atoms with Crippen molar-refractivity contribution in [2.24, 2.45) is 5.73 Å². The zero-order valence-electron chi connectivity index (χ0n) is 7.33. The van der Waals surface area contributed by atoms with Gasteiger partial charge in [-0.1, -0.05) is 30.3 Å². The standard InChI is InChI=1S/C10H13N3/c11-10(12)13-9-6-8(9)7-4-2-1-3-5-7/h1-5,8-9H,6H2,(H4,11,12,13)/t8?,9-/m0/s1. The summed E-state index contributed by atoms with van der Waals surface area (Å²) in [5.74, 6) is 0.619. The van der Waals surface area contributed by atoms with Crippen LogP contribution in [0.2, 0.25) is 0 Å². The van der Waals surface area contributed by atoms with Crippen LogP contribution in [0.3, 0.4) is 0 Å². The molecule has 3 nitrogen and oxygen atoms in total. The molecule has 0 aromatic heterocycles. The summed E-state index contributed by atoms with van der Waals surface area (Å²) in [4.78, 5) is 0. The molecular formula is C10H13N3. The molecule has 2 rings (SSSR count). The molecule has 4 N–H and O–H groups in total. The average Bonchev–Trinajstić information content (AvgIpc) is 2.84. The van der Waals surface area contributed by atoms with Gasteiger partial charge in [0.2, 0.25) is 0 Å². The SMILES string of the molecule is N=C(N)N[C@H]1CC1c1ccccc1. The minimum absolute atomic E-state index is 0.0726. The maximum absolute atomic E-state index is 7.08. The van der Waals surface area contributed by atoms with Crippen LogP contribution in [0, 0.1) is 5.41 Å². The van der Waals surface area contributed by atoms with Crippen LogP contribution in [-0.2, 0) is 0 Å². The highest BCUT2D eigenvalue weighted by molar-refractivity contribution is 5.75. The fourth-order valence-corrected chi connectivity index (χ4v) is 1.62. The van der Waals surface area contributed by atoms with Crippen molar-refractivity contribution < 1.29 is 0 Å². The quantitative estimate of drug-likeness (QED) is 0.464. The van der Waals surface area contributed by atoms with Crippen molar-refractivity contribution in [3.05, 3.63) is 35.9 Å². The Balaban J connectivity index is 1.97. The molecule has 0 saturated heterocycles. The van der Waals surface area contributed by atoms with Gasteiger partial charge < -0.3 is 11.1 Å². The second-order valence-corrected chi connectivity index (χ2v) is 3.42. The zero-order valence-corrected chi connectivity index (χ0v) is 7.33. The van der Waals surface area contributed by atoms with E-state index in [0.717, 1.165) is 6.42 Å². The van der Waals surface area contributed by atoms with E-state index >= 15 is 0 Å². The molecule has 3 heteroatoms. The lowest BCUT2D eigenvalue weighted by atomic mass is 10.1. The summed E-state index contributed by atoms with van der Waals surface area (Å²) < 4.78 is 0. The van der Waals surface area contributed by atoms with E-state index in [1.54, 1.807) is 0 Å². The van der Waals surface area contributed by atoms with Gasteiger partial charge in [0.1, 0.15) is 0 Å². The molecule has 13 heavy (non-hydrogen) atoms. The van der Waals surface area contributed by atoms with Gasteiger partial charge in [-0.05, 0) is 12.0 Å². The Morgan fingerprint density at radius 2 is 2.08 bits per heavy atom. The second kappa shape index (κ2) is 3.09. The van der Waals surface area contributed by atoms with E-state index in [9.17, 15) is 0 Å². The molecule has 0 spiro atoms. The lowest BCUT2D eigenvalue weighted by Gasteiger charge is -2.02. The van der Waals surface area contributed by atoms with Crippen LogP contribution in [0.5, 0.6) is 0 Å². The van der Waals surface area contributed by atoms with Crippen LogP contribution in [0.1, 0.15) is 17.9 Å². The Morgan fingerprint density at radius 3 is 2.69 bits per heavy atom. The number of rotatable bonds is 2. The predicted octanol–water partition coefficient (Wildman–Crippen LogP) is 1.03. The predicted molar refractivity (Wildman–Crippen MR) is 52.6 cm³/mol. The van der Waals surface area contributed by atoms with Crippen molar-refractivity contribution in [3.63, 3.8) is 0 Å². The molecule has 0 amide bonds. The molecule has 1 fully saturated rings. The average molecular weight is 175 g/mol. The molecule has 68 valence electrons. The van der Waals surface area contributed by atoms with E-state index in [4.69, 9.17) is 11.1 Å².